The molecule has 1 aliphatic carbocycles. The van der Waals surface area contributed by atoms with Crippen molar-refractivity contribution in [1.82, 2.24) is 15.1 Å². The Kier molecular flexibility index (Phi) is 11.4. The van der Waals surface area contributed by atoms with E-state index >= 15 is 0 Å². The van der Waals surface area contributed by atoms with Gasteiger partial charge in [0, 0.05) is 39.3 Å². The summed E-state index contributed by atoms with van der Waals surface area (Å²) in [5, 5.41) is 12.8. The number of aliphatic hydroxyl groups is 1. The predicted octanol–water partition coefficient (Wildman–Crippen LogP) is 1.62. The number of amides is 2. The maximum absolute atomic E-state index is 13.2. The lowest BCUT2D eigenvalue weighted by molar-refractivity contribution is -0.155. The Bertz CT molecular complexity index is 774. The molecule has 3 rings (SSSR count). The van der Waals surface area contributed by atoms with E-state index in [1.165, 1.54) is 11.3 Å². The number of halogens is 1. The molecule has 2 amide bonds. The van der Waals surface area contributed by atoms with E-state index in [2.05, 4.69) is 5.32 Å². The minimum absolute atomic E-state index is 0.0513. The van der Waals surface area contributed by atoms with Gasteiger partial charge in [0.25, 0.3) is 5.91 Å². The summed E-state index contributed by atoms with van der Waals surface area (Å²) in [6.07, 6.45) is 4.27. The third-order valence-corrected chi connectivity index (χ3v) is 7.50. The molecule has 0 bridgehead atoms. The molecule has 2 fully saturated rings. The highest BCUT2D eigenvalue weighted by Crippen LogP contribution is 2.29. The number of ether oxygens (including phenoxy) is 3. The summed E-state index contributed by atoms with van der Waals surface area (Å²) in [6, 6.07) is 3.29. The molecule has 1 aliphatic heterocycles. The van der Waals surface area contributed by atoms with E-state index in [9.17, 15) is 9.59 Å². The Balaban J connectivity index is 1.43. The van der Waals surface area contributed by atoms with Gasteiger partial charge in [-0.25, -0.2) is 0 Å². The zero-order valence-corrected chi connectivity index (χ0v) is 21.3. The molecule has 0 radical (unpaired) electrons. The summed E-state index contributed by atoms with van der Waals surface area (Å²) in [5.74, 6) is 0.181. The van der Waals surface area contributed by atoms with Crippen LogP contribution in [0.25, 0.3) is 0 Å². The fraction of sp³-hybridized carbons (Fsp3) is 0.739. The molecule has 2 aliphatic rings. The van der Waals surface area contributed by atoms with Gasteiger partial charge in [-0.05, 0) is 43.7 Å². The van der Waals surface area contributed by atoms with E-state index in [4.69, 9.17) is 30.9 Å². The number of nitrogens with zero attached hydrogens (tertiary/aromatic N) is 2. The van der Waals surface area contributed by atoms with Gasteiger partial charge in [-0.2, -0.15) is 0 Å². The lowest BCUT2D eigenvalue weighted by Crippen LogP contribution is -2.61. The maximum Gasteiger partial charge on any atom is 0.261 e. The van der Waals surface area contributed by atoms with Crippen molar-refractivity contribution in [1.29, 1.82) is 0 Å². The summed E-state index contributed by atoms with van der Waals surface area (Å²) >= 11 is 7.18. The Labute approximate surface area is 210 Å². The quantitative estimate of drug-likeness (QED) is 0.383. The standard InChI is InChI=1S/C23H36ClN3O6S/c1-31-15-19-23(30)26(9-10-27(19)21(29)16-33-22-7-6-20(24)34-22)14-17-2-4-18(5-3-17)25-8-12-32-13-11-28/h6-7,17-19,25,28H,2-5,8-16H2,1H3/t17-,18-,19-/m0/s1. The number of thiophene rings is 1. The average Bonchev–Trinajstić information content (AvgIpc) is 3.26. The molecular weight excluding hydrogens is 482 g/mol. The summed E-state index contributed by atoms with van der Waals surface area (Å²) < 4.78 is 16.7. The second-order valence-corrected chi connectivity index (χ2v) is 10.4. The minimum Gasteiger partial charge on any atom is -0.474 e. The average molecular weight is 518 g/mol. The topological polar surface area (TPSA) is 101 Å². The number of aliphatic hydroxyl groups excluding tert-OH is 1. The van der Waals surface area contributed by atoms with Crippen molar-refractivity contribution in [3.63, 3.8) is 0 Å². The van der Waals surface area contributed by atoms with Crippen molar-refractivity contribution in [2.75, 3.05) is 66.3 Å². The van der Waals surface area contributed by atoms with Crippen LogP contribution in [-0.4, -0.2) is 105 Å². The van der Waals surface area contributed by atoms with E-state index in [0.29, 0.717) is 47.7 Å². The number of carbonyl (C=O) groups is 2. The highest BCUT2D eigenvalue weighted by molar-refractivity contribution is 7.17. The smallest absolute Gasteiger partial charge is 0.261 e. The lowest BCUT2D eigenvalue weighted by Gasteiger charge is -2.42. The van der Waals surface area contributed by atoms with Crippen molar-refractivity contribution in [3.05, 3.63) is 16.5 Å². The van der Waals surface area contributed by atoms with Gasteiger partial charge in [0.1, 0.15) is 6.04 Å². The molecule has 192 valence electrons. The normalized spacial score (nSPS) is 23.4. The Hall–Kier alpha value is -1.43. The van der Waals surface area contributed by atoms with Gasteiger partial charge in [0.2, 0.25) is 5.91 Å². The maximum atomic E-state index is 13.2. The van der Waals surface area contributed by atoms with Gasteiger partial charge in [0.05, 0.1) is 30.8 Å². The molecule has 9 nitrogen and oxygen atoms in total. The van der Waals surface area contributed by atoms with Gasteiger partial charge in [-0.15, -0.1) is 0 Å². The first kappa shape index (κ1) is 27.2. The number of rotatable bonds is 13. The first-order valence-corrected chi connectivity index (χ1v) is 13.1. The molecule has 0 unspecified atom stereocenters. The highest BCUT2D eigenvalue weighted by Gasteiger charge is 2.38. The van der Waals surface area contributed by atoms with Crippen LogP contribution in [-0.2, 0) is 19.1 Å². The van der Waals surface area contributed by atoms with Gasteiger partial charge in [0.15, 0.2) is 11.7 Å². The molecule has 2 N–H and O–H groups in total. The van der Waals surface area contributed by atoms with Crippen molar-refractivity contribution < 1.29 is 28.9 Å². The lowest BCUT2D eigenvalue weighted by atomic mass is 9.85. The van der Waals surface area contributed by atoms with Crippen LogP contribution < -0.4 is 10.1 Å². The van der Waals surface area contributed by atoms with Crippen LogP contribution in [0.5, 0.6) is 5.06 Å². The molecule has 2 heterocycles. The van der Waals surface area contributed by atoms with Crippen molar-refractivity contribution >= 4 is 34.8 Å². The molecule has 0 aromatic carbocycles. The van der Waals surface area contributed by atoms with Crippen molar-refractivity contribution in [2.24, 2.45) is 5.92 Å². The van der Waals surface area contributed by atoms with Crippen LogP contribution in [0.15, 0.2) is 12.1 Å². The van der Waals surface area contributed by atoms with Crippen LogP contribution >= 0.6 is 22.9 Å². The van der Waals surface area contributed by atoms with Crippen LogP contribution in [0.3, 0.4) is 0 Å². The van der Waals surface area contributed by atoms with Gasteiger partial charge < -0.3 is 34.4 Å². The Morgan fingerprint density at radius 1 is 1.24 bits per heavy atom. The van der Waals surface area contributed by atoms with Crippen molar-refractivity contribution in [2.45, 2.75) is 37.8 Å². The number of hydrogen-bond acceptors (Lipinski definition) is 8. The van der Waals surface area contributed by atoms with Gasteiger partial charge in [-0.1, -0.05) is 22.9 Å². The molecule has 1 atom stereocenters. The fourth-order valence-corrected chi connectivity index (χ4v) is 5.46. The second kappa shape index (κ2) is 14.2. The van der Waals surface area contributed by atoms with Gasteiger partial charge in [-0.3, -0.25) is 9.59 Å². The first-order valence-electron chi connectivity index (χ1n) is 11.9. The van der Waals surface area contributed by atoms with E-state index in [0.717, 1.165) is 38.8 Å². The fourth-order valence-electron chi connectivity index (χ4n) is 4.59. The highest BCUT2D eigenvalue weighted by atomic mass is 35.5. The second-order valence-electron chi connectivity index (χ2n) is 8.70. The van der Waals surface area contributed by atoms with E-state index in [1.54, 1.807) is 24.1 Å². The number of hydrogen-bond donors (Lipinski definition) is 2. The minimum atomic E-state index is -0.626. The zero-order chi connectivity index (χ0) is 24.3. The SMILES string of the molecule is COC[C@H]1C(=O)N(C[C@H]2CC[C@H](NCCOCCO)CC2)CCN1C(=O)COc1ccc(Cl)s1. The van der Waals surface area contributed by atoms with E-state index in [-0.39, 0.29) is 31.6 Å². The summed E-state index contributed by atoms with van der Waals surface area (Å²) in [6.45, 7) is 3.56. The number of methoxy groups -OCH3 is 1. The summed E-state index contributed by atoms with van der Waals surface area (Å²) in [4.78, 5) is 29.5. The number of nitrogens with one attached hydrogen (secondary N) is 1. The van der Waals surface area contributed by atoms with Crippen molar-refractivity contribution in [3.8, 4) is 5.06 Å². The van der Waals surface area contributed by atoms with E-state index < -0.39 is 6.04 Å². The van der Waals surface area contributed by atoms with Crippen LogP contribution in [0.4, 0.5) is 0 Å². The number of piperazine rings is 1. The molecular formula is C23H36ClN3O6S. The molecule has 1 aromatic heterocycles. The zero-order valence-electron chi connectivity index (χ0n) is 19.7. The number of carbonyl (C=O) groups excluding carboxylic acids is 2. The summed E-state index contributed by atoms with van der Waals surface area (Å²) in [5.41, 5.74) is 0. The third kappa shape index (κ3) is 8.07. The monoisotopic (exact) mass is 517 g/mol. The van der Waals surface area contributed by atoms with Crippen LogP contribution in [0.1, 0.15) is 25.7 Å². The molecule has 1 saturated heterocycles. The van der Waals surface area contributed by atoms with E-state index in [1.807, 2.05) is 4.90 Å². The third-order valence-electron chi connectivity index (χ3n) is 6.36. The molecule has 34 heavy (non-hydrogen) atoms. The van der Waals surface area contributed by atoms with Crippen LogP contribution in [0.2, 0.25) is 4.34 Å². The molecule has 11 heteroatoms. The van der Waals surface area contributed by atoms with Crippen LogP contribution in [0, 0.1) is 5.92 Å². The molecule has 1 aromatic rings. The first-order chi connectivity index (χ1) is 16.5. The predicted molar refractivity (Wildman–Crippen MR) is 130 cm³/mol. The molecule has 1 saturated carbocycles. The Morgan fingerprint density at radius 2 is 2.03 bits per heavy atom. The summed E-state index contributed by atoms with van der Waals surface area (Å²) in [7, 11) is 1.54. The van der Waals surface area contributed by atoms with Gasteiger partial charge >= 0.3 is 0 Å². The Morgan fingerprint density at radius 3 is 2.71 bits per heavy atom. The molecule has 0 spiro atoms. The largest absolute Gasteiger partial charge is 0.474 e.